The van der Waals surface area contributed by atoms with E-state index in [1.165, 1.54) is 12.1 Å². The molecule has 3 N–H and O–H groups in total. The summed E-state index contributed by atoms with van der Waals surface area (Å²) >= 11 is 3.41. The summed E-state index contributed by atoms with van der Waals surface area (Å²) in [5, 5.41) is 10.5. The van der Waals surface area contributed by atoms with Crippen molar-refractivity contribution in [3.05, 3.63) is 69.9 Å². The summed E-state index contributed by atoms with van der Waals surface area (Å²) in [4.78, 5) is 0. The third kappa shape index (κ3) is 3.21. The molecule has 2 aromatic rings. The molecule has 0 radical (unpaired) electrons. The number of hydrogen-bond donors (Lipinski definition) is 2. The highest BCUT2D eigenvalue weighted by Crippen LogP contribution is 2.34. The van der Waals surface area contributed by atoms with Crippen molar-refractivity contribution in [2.24, 2.45) is 5.73 Å². The van der Waals surface area contributed by atoms with E-state index in [9.17, 15) is 9.50 Å². The van der Waals surface area contributed by atoms with E-state index in [4.69, 9.17) is 5.73 Å². The van der Waals surface area contributed by atoms with E-state index < -0.39 is 6.10 Å². The van der Waals surface area contributed by atoms with Crippen molar-refractivity contribution in [1.29, 1.82) is 0 Å². The molecule has 0 heterocycles. The summed E-state index contributed by atoms with van der Waals surface area (Å²) in [5.74, 6) is -0.662. The summed E-state index contributed by atoms with van der Waals surface area (Å²) in [7, 11) is 0. The zero-order valence-corrected chi connectivity index (χ0v) is 11.8. The van der Waals surface area contributed by atoms with Gasteiger partial charge in [0.2, 0.25) is 0 Å². The quantitative estimate of drug-likeness (QED) is 0.906. The molecule has 100 valence electrons. The SMILES string of the molecule is NCC(c1cccc(F)c1)C(O)c1ccccc1Br. The van der Waals surface area contributed by atoms with Gasteiger partial charge in [0.15, 0.2) is 0 Å². The third-order valence-corrected chi connectivity index (χ3v) is 3.86. The molecule has 0 aliphatic carbocycles. The van der Waals surface area contributed by atoms with Crippen LogP contribution in [-0.2, 0) is 0 Å². The molecule has 19 heavy (non-hydrogen) atoms. The van der Waals surface area contributed by atoms with Crippen LogP contribution in [0.4, 0.5) is 4.39 Å². The van der Waals surface area contributed by atoms with Crippen LogP contribution < -0.4 is 5.73 Å². The molecule has 2 atom stereocenters. The molecule has 0 aromatic heterocycles. The fourth-order valence-corrected chi connectivity index (χ4v) is 2.64. The largest absolute Gasteiger partial charge is 0.388 e. The van der Waals surface area contributed by atoms with Gasteiger partial charge in [0.05, 0.1) is 6.10 Å². The normalized spacial score (nSPS) is 14.1. The van der Waals surface area contributed by atoms with Crippen LogP contribution in [0, 0.1) is 5.82 Å². The van der Waals surface area contributed by atoms with Gasteiger partial charge in [-0.1, -0.05) is 46.3 Å². The van der Waals surface area contributed by atoms with Crippen molar-refractivity contribution >= 4 is 15.9 Å². The fourth-order valence-electron chi connectivity index (χ4n) is 2.12. The minimum atomic E-state index is -0.776. The van der Waals surface area contributed by atoms with E-state index in [1.807, 2.05) is 24.3 Å². The van der Waals surface area contributed by atoms with Gasteiger partial charge in [0.1, 0.15) is 5.82 Å². The molecule has 2 rings (SSSR count). The first-order chi connectivity index (χ1) is 9.13. The zero-order chi connectivity index (χ0) is 13.8. The predicted molar refractivity (Wildman–Crippen MR) is 77.3 cm³/mol. The van der Waals surface area contributed by atoms with E-state index in [1.54, 1.807) is 12.1 Å². The Morgan fingerprint density at radius 1 is 1.16 bits per heavy atom. The number of halogens is 2. The average molecular weight is 324 g/mol. The van der Waals surface area contributed by atoms with Gasteiger partial charge in [-0.15, -0.1) is 0 Å². The molecule has 0 amide bonds. The lowest BCUT2D eigenvalue weighted by molar-refractivity contribution is 0.146. The summed E-state index contributed by atoms with van der Waals surface area (Å²) in [6, 6.07) is 13.6. The van der Waals surface area contributed by atoms with Crippen molar-refractivity contribution in [2.75, 3.05) is 6.54 Å². The van der Waals surface area contributed by atoms with Crippen molar-refractivity contribution in [1.82, 2.24) is 0 Å². The molecule has 4 heteroatoms. The second kappa shape index (κ2) is 6.28. The molecule has 0 aliphatic rings. The maximum absolute atomic E-state index is 13.3. The summed E-state index contributed by atoms with van der Waals surface area (Å²) in [6.45, 7) is 0.242. The molecule has 2 unspecified atom stereocenters. The molecule has 2 nitrogen and oxygen atoms in total. The van der Waals surface area contributed by atoms with Crippen LogP contribution in [0.5, 0.6) is 0 Å². The first-order valence-corrected chi connectivity index (χ1v) is 6.81. The van der Waals surface area contributed by atoms with E-state index in [0.717, 1.165) is 10.0 Å². The fraction of sp³-hybridized carbons (Fsp3) is 0.200. The summed E-state index contributed by atoms with van der Waals surface area (Å²) in [6.07, 6.45) is -0.776. The second-order valence-corrected chi connectivity index (χ2v) is 5.22. The Labute approximate surface area is 120 Å². The summed E-state index contributed by atoms with van der Waals surface area (Å²) in [5.41, 5.74) is 7.20. The van der Waals surface area contributed by atoms with Crippen LogP contribution in [0.15, 0.2) is 53.0 Å². The van der Waals surface area contributed by atoms with Gasteiger partial charge in [0, 0.05) is 16.9 Å². The highest BCUT2D eigenvalue weighted by atomic mass is 79.9. The van der Waals surface area contributed by atoms with Crippen molar-refractivity contribution in [2.45, 2.75) is 12.0 Å². The smallest absolute Gasteiger partial charge is 0.123 e. The van der Waals surface area contributed by atoms with Crippen molar-refractivity contribution in [3.63, 3.8) is 0 Å². The number of rotatable bonds is 4. The van der Waals surface area contributed by atoms with E-state index in [-0.39, 0.29) is 18.3 Å². The predicted octanol–water partition coefficient (Wildman–Crippen LogP) is 3.36. The van der Waals surface area contributed by atoms with Gasteiger partial charge in [-0.3, -0.25) is 0 Å². The molecular formula is C15H15BrFNO. The van der Waals surface area contributed by atoms with Crippen LogP contribution >= 0.6 is 15.9 Å². The van der Waals surface area contributed by atoms with Crippen molar-refractivity contribution < 1.29 is 9.50 Å². The standard InChI is InChI=1S/C15H15BrFNO/c16-14-7-2-1-6-12(14)15(19)13(9-18)10-4-3-5-11(17)8-10/h1-8,13,15,19H,9,18H2. The topological polar surface area (TPSA) is 46.2 Å². The molecular weight excluding hydrogens is 309 g/mol. The molecule has 2 aromatic carbocycles. The number of aliphatic hydroxyl groups excluding tert-OH is 1. The lowest BCUT2D eigenvalue weighted by Crippen LogP contribution is -2.20. The monoisotopic (exact) mass is 323 g/mol. The minimum absolute atomic E-state index is 0.242. The number of aliphatic hydroxyl groups is 1. The van der Waals surface area contributed by atoms with E-state index in [0.29, 0.717) is 5.56 Å². The Balaban J connectivity index is 2.35. The Bertz CT molecular complexity index is 561. The van der Waals surface area contributed by atoms with Gasteiger partial charge in [-0.05, 0) is 29.3 Å². The van der Waals surface area contributed by atoms with E-state index >= 15 is 0 Å². The summed E-state index contributed by atoms with van der Waals surface area (Å²) < 4.78 is 14.1. The molecule has 0 aliphatic heterocycles. The molecule has 0 saturated heterocycles. The lowest BCUT2D eigenvalue weighted by atomic mass is 9.89. The number of benzene rings is 2. The second-order valence-electron chi connectivity index (χ2n) is 4.36. The Morgan fingerprint density at radius 3 is 2.53 bits per heavy atom. The lowest BCUT2D eigenvalue weighted by Gasteiger charge is -2.23. The zero-order valence-electron chi connectivity index (χ0n) is 10.3. The van der Waals surface area contributed by atoms with Crippen LogP contribution in [0.1, 0.15) is 23.1 Å². The highest BCUT2D eigenvalue weighted by molar-refractivity contribution is 9.10. The minimum Gasteiger partial charge on any atom is -0.388 e. The first-order valence-electron chi connectivity index (χ1n) is 6.01. The Kier molecular flexibility index (Phi) is 4.69. The number of hydrogen-bond acceptors (Lipinski definition) is 2. The third-order valence-electron chi connectivity index (χ3n) is 3.14. The molecule has 0 spiro atoms. The maximum Gasteiger partial charge on any atom is 0.123 e. The van der Waals surface area contributed by atoms with Crippen LogP contribution in [0.2, 0.25) is 0 Å². The van der Waals surface area contributed by atoms with Crippen LogP contribution in [-0.4, -0.2) is 11.7 Å². The van der Waals surface area contributed by atoms with Gasteiger partial charge < -0.3 is 10.8 Å². The average Bonchev–Trinajstić information content (AvgIpc) is 2.40. The van der Waals surface area contributed by atoms with Gasteiger partial charge >= 0.3 is 0 Å². The Morgan fingerprint density at radius 2 is 1.89 bits per heavy atom. The molecule has 0 saturated carbocycles. The molecule has 0 fully saturated rings. The first kappa shape index (κ1) is 14.2. The highest BCUT2D eigenvalue weighted by Gasteiger charge is 2.23. The van der Waals surface area contributed by atoms with Gasteiger partial charge in [-0.25, -0.2) is 4.39 Å². The van der Waals surface area contributed by atoms with E-state index in [2.05, 4.69) is 15.9 Å². The maximum atomic E-state index is 13.3. The Hall–Kier alpha value is -1.23. The van der Waals surface area contributed by atoms with Crippen LogP contribution in [0.3, 0.4) is 0 Å². The number of nitrogens with two attached hydrogens (primary N) is 1. The van der Waals surface area contributed by atoms with Crippen LogP contribution in [0.25, 0.3) is 0 Å². The molecule has 0 bridgehead atoms. The van der Waals surface area contributed by atoms with Crippen molar-refractivity contribution in [3.8, 4) is 0 Å². The van der Waals surface area contributed by atoms with Gasteiger partial charge in [0.25, 0.3) is 0 Å². The van der Waals surface area contributed by atoms with Gasteiger partial charge in [-0.2, -0.15) is 0 Å².